The zero-order chi connectivity index (χ0) is 19.5. The topological polar surface area (TPSA) is 94.0 Å². The normalized spacial score (nSPS) is 10.9. The lowest BCUT2D eigenvalue weighted by Gasteiger charge is -2.10. The van der Waals surface area contributed by atoms with Crippen LogP contribution in [0.1, 0.15) is 16.4 Å². The van der Waals surface area contributed by atoms with Crippen LogP contribution in [-0.2, 0) is 5.75 Å². The van der Waals surface area contributed by atoms with Crippen molar-refractivity contribution >= 4 is 29.3 Å². The number of oxazole rings is 1. The van der Waals surface area contributed by atoms with Gasteiger partial charge in [-0.1, -0.05) is 53.7 Å². The van der Waals surface area contributed by atoms with E-state index in [1.807, 2.05) is 53.1 Å². The molecule has 0 saturated carbocycles. The van der Waals surface area contributed by atoms with Crippen molar-refractivity contribution in [1.82, 2.24) is 19.7 Å². The minimum Gasteiger partial charge on any atom is -0.476 e. The van der Waals surface area contributed by atoms with E-state index in [1.54, 1.807) is 6.07 Å². The molecule has 1 N–H and O–H groups in total. The average Bonchev–Trinajstić information content (AvgIpc) is 3.34. The van der Waals surface area contributed by atoms with Gasteiger partial charge >= 0.3 is 5.97 Å². The number of aromatic nitrogens is 4. The number of thioether (sulfide) groups is 1. The Morgan fingerprint density at radius 3 is 2.57 bits per heavy atom. The zero-order valence-electron chi connectivity index (χ0n) is 14.3. The fourth-order valence-corrected chi connectivity index (χ4v) is 3.62. The summed E-state index contributed by atoms with van der Waals surface area (Å²) in [6.07, 6.45) is 1.12. The molecular formula is C19H13ClN4O3S. The van der Waals surface area contributed by atoms with Crippen LogP contribution in [0.4, 0.5) is 0 Å². The average molecular weight is 413 g/mol. The van der Waals surface area contributed by atoms with Gasteiger partial charge in [0, 0.05) is 11.3 Å². The Hall–Kier alpha value is -3.10. The monoisotopic (exact) mass is 412 g/mol. The van der Waals surface area contributed by atoms with Crippen LogP contribution in [0.5, 0.6) is 0 Å². The second-order valence-electron chi connectivity index (χ2n) is 5.68. The van der Waals surface area contributed by atoms with Gasteiger partial charge in [-0.3, -0.25) is 4.57 Å². The smallest absolute Gasteiger partial charge is 0.357 e. The summed E-state index contributed by atoms with van der Waals surface area (Å²) in [5.41, 5.74) is 1.51. The van der Waals surface area contributed by atoms with E-state index in [2.05, 4.69) is 15.2 Å². The van der Waals surface area contributed by atoms with E-state index in [0.717, 1.165) is 17.5 Å². The molecule has 2 heterocycles. The van der Waals surface area contributed by atoms with Gasteiger partial charge in [0.1, 0.15) is 6.26 Å². The third-order valence-corrected chi connectivity index (χ3v) is 5.10. The highest BCUT2D eigenvalue weighted by Crippen LogP contribution is 2.32. The molecule has 7 nitrogen and oxygen atoms in total. The second kappa shape index (κ2) is 7.87. The lowest BCUT2D eigenvalue weighted by atomic mass is 10.2. The molecule has 0 atom stereocenters. The van der Waals surface area contributed by atoms with Crippen LogP contribution < -0.4 is 0 Å². The highest BCUT2D eigenvalue weighted by atomic mass is 35.5. The predicted molar refractivity (Wildman–Crippen MR) is 105 cm³/mol. The van der Waals surface area contributed by atoms with Crippen LogP contribution in [-0.4, -0.2) is 30.8 Å². The van der Waals surface area contributed by atoms with E-state index in [4.69, 9.17) is 21.1 Å². The Bertz CT molecular complexity index is 1130. The number of hydrogen-bond donors (Lipinski definition) is 1. The SMILES string of the molecule is O=C(O)c1coc(CSc2nnc(-c3ccccc3Cl)n2-c2ccccc2)n1. The summed E-state index contributed by atoms with van der Waals surface area (Å²) in [4.78, 5) is 14.9. The Balaban J connectivity index is 1.71. The summed E-state index contributed by atoms with van der Waals surface area (Å²) in [5, 5.41) is 18.8. The van der Waals surface area contributed by atoms with Crippen LogP contribution in [0.3, 0.4) is 0 Å². The highest BCUT2D eigenvalue weighted by molar-refractivity contribution is 7.98. The maximum Gasteiger partial charge on any atom is 0.357 e. The molecule has 9 heteroatoms. The van der Waals surface area contributed by atoms with Crippen LogP contribution in [0.2, 0.25) is 5.02 Å². The standard InChI is InChI=1S/C19H13ClN4O3S/c20-14-9-5-4-8-13(14)17-22-23-19(24(17)12-6-2-1-3-7-12)28-11-16-21-15(10-27-16)18(25)26/h1-10H,11H2,(H,25,26). The van der Waals surface area contributed by atoms with Gasteiger partial charge in [-0.05, 0) is 24.3 Å². The first-order chi connectivity index (χ1) is 13.6. The van der Waals surface area contributed by atoms with Crippen molar-refractivity contribution in [3.63, 3.8) is 0 Å². The van der Waals surface area contributed by atoms with Gasteiger partial charge in [-0.15, -0.1) is 10.2 Å². The number of rotatable bonds is 6. The number of benzene rings is 2. The molecule has 0 aliphatic carbocycles. The van der Waals surface area contributed by atoms with Crippen molar-refractivity contribution in [1.29, 1.82) is 0 Å². The van der Waals surface area contributed by atoms with E-state index in [0.29, 0.717) is 27.6 Å². The molecule has 0 aliphatic rings. The van der Waals surface area contributed by atoms with Gasteiger partial charge in [0.05, 0.1) is 10.8 Å². The minimum atomic E-state index is -1.13. The van der Waals surface area contributed by atoms with Crippen molar-refractivity contribution in [2.24, 2.45) is 0 Å². The van der Waals surface area contributed by atoms with Crippen LogP contribution in [0.15, 0.2) is 70.4 Å². The van der Waals surface area contributed by atoms with Gasteiger partial charge in [0.25, 0.3) is 0 Å². The van der Waals surface area contributed by atoms with Gasteiger partial charge in [0.2, 0.25) is 5.89 Å². The number of halogens is 1. The number of nitrogens with zero attached hydrogens (tertiary/aromatic N) is 4. The fraction of sp³-hybridized carbons (Fsp3) is 0.0526. The molecule has 2 aromatic carbocycles. The van der Waals surface area contributed by atoms with E-state index >= 15 is 0 Å². The molecule has 0 aliphatic heterocycles. The first-order valence-corrected chi connectivity index (χ1v) is 9.56. The van der Waals surface area contributed by atoms with Crippen molar-refractivity contribution in [2.45, 2.75) is 10.9 Å². The van der Waals surface area contributed by atoms with Crippen molar-refractivity contribution < 1.29 is 14.3 Å². The molecule has 0 unspecified atom stereocenters. The molecule has 0 amide bonds. The summed E-state index contributed by atoms with van der Waals surface area (Å²) in [6.45, 7) is 0. The Morgan fingerprint density at radius 2 is 1.86 bits per heavy atom. The summed E-state index contributed by atoms with van der Waals surface area (Å²) >= 11 is 7.70. The summed E-state index contributed by atoms with van der Waals surface area (Å²) in [6, 6.07) is 17.1. The number of para-hydroxylation sites is 1. The van der Waals surface area contributed by atoms with Crippen molar-refractivity contribution in [3.8, 4) is 17.1 Å². The van der Waals surface area contributed by atoms with Crippen molar-refractivity contribution in [2.75, 3.05) is 0 Å². The third-order valence-electron chi connectivity index (χ3n) is 3.86. The lowest BCUT2D eigenvalue weighted by molar-refractivity contribution is 0.0690. The molecule has 4 rings (SSSR count). The maximum atomic E-state index is 11.0. The Morgan fingerprint density at radius 1 is 1.11 bits per heavy atom. The number of hydrogen-bond acceptors (Lipinski definition) is 6. The number of carboxylic acid groups (broad SMARTS) is 1. The van der Waals surface area contributed by atoms with E-state index in [9.17, 15) is 4.79 Å². The second-order valence-corrected chi connectivity index (χ2v) is 7.03. The number of carboxylic acids is 1. The first-order valence-electron chi connectivity index (χ1n) is 8.19. The Labute approximate surface area is 169 Å². The van der Waals surface area contributed by atoms with Crippen LogP contribution in [0.25, 0.3) is 17.1 Å². The summed E-state index contributed by atoms with van der Waals surface area (Å²) in [7, 11) is 0. The van der Waals surface area contributed by atoms with Crippen LogP contribution in [0, 0.1) is 0 Å². The molecule has 2 aromatic heterocycles. The number of aromatic carboxylic acids is 1. The summed E-state index contributed by atoms with van der Waals surface area (Å²) in [5.74, 6) is 0.0801. The molecular weight excluding hydrogens is 400 g/mol. The molecule has 0 bridgehead atoms. The predicted octanol–water partition coefficient (Wildman–Crippen LogP) is 4.57. The molecule has 0 radical (unpaired) electrons. The minimum absolute atomic E-state index is 0.128. The van der Waals surface area contributed by atoms with Crippen LogP contribution >= 0.6 is 23.4 Å². The molecule has 0 saturated heterocycles. The zero-order valence-corrected chi connectivity index (χ0v) is 15.9. The fourth-order valence-electron chi connectivity index (χ4n) is 2.59. The van der Waals surface area contributed by atoms with Gasteiger partial charge in [-0.25, -0.2) is 9.78 Å². The van der Waals surface area contributed by atoms with Crippen molar-refractivity contribution in [3.05, 3.63) is 77.5 Å². The van der Waals surface area contributed by atoms with Gasteiger partial charge < -0.3 is 9.52 Å². The quantitative estimate of drug-likeness (QED) is 0.463. The highest BCUT2D eigenvalue weighted by Gasteiger charge is 2.19. The first kappa shape index (κ1) is 18.3. The van der Waals surface area contributed by atoms with E-state index < -0.39 is 5.97 Å². The molecule has 28 heavy (non-hydrogen) atoms. The van der Waals surface area contributed by atoms with E-state index in [1.165, 1.54) is 11.8 Å². The largest absolute Gasteiger partial charge is 0.476 e. The molecule has 0 fully saturated rings. The van der Waals surface area contributed by atoms with Gasteiger partial charge in [0.15, 0.2) is 16.7 Å². The Kier molecular flexibility index (Phi) is 5.14. The van der Waals surface area contributed by atoms with Gasteiger partial charge in [-0.2, -0.15) is 0 Å². The molecule has 4 aromatic rings. The maximum absolute atomic E-state index is 11.0. The van der Waals surface area contributed by atoms with E-state index in [-0.39, 0.29) is 5.69 Å². The molecule has 0 spiro atoms. The third kappa shape index (κ3) is 3.64. The summed E-state index contributed by atoms with van der Waals surface area (Å²) < 4.78 is 7.11. The number of carbonyl (C=O) groups is 1. The lowest BCUT2D eigenvalue weighted by Crippen LogP contribution is -2.00. The molecule has 140 valence electrons.